The van der Waals surface area contributed by atoms with Crippen LogP contribution in [0.5, 0.6) is 23.0 Å². The van der Waals surface area contributed by atoms with Crippen LogP contribution in [-0.4, -0.2) is 45.0 Å². The van der Waals surface area contributed by atoms with Gasteiger partial charge in [-0.3, -0.25) is 4.98 Å². The topological polar surface area (TPSA) is 76.1 Å². The first-order valence-electron chi connectivity index (χ1n) is 10.4. The van der Waals surface area contributed by atoms with Crippen LogP contribution in [0, 0.1) is 6.92 Å². The SMILES string of the molecule is CCOC(=O)c1c(C)nc2cc(OC)c(OC)cc2c1-c1ccc(OC)c(OC(C)C)c1. The molecule has 0 aliphatic rings. The van der Waals surface area contributed by atoms with E-state index < -0.39 is 5.97 Å². The van der Waals surface area contributed by atoms with Crippen molar-refractivity contribution in [2.24, 2.45) is 0 Å². The Balaban J connectivity index is 2.41. The first-order chi connectivity index (χ1) is 15.3. The molecule has 170 valence electrons. The zero-order chi connectivity index (χ0) is 23.4. The van der Waals surface area contributed by atoms with Gasteiger partial charge in [-0.2, -0.15) is 0 Å². The van der Waals surface area contributed by atoms with Crippen molar-refractivity contribution in [1.82, 2.24) is 4.98 Å². The molecule has 0 amide bonds. The quantitative estimate of drug-likeness (QED) is 0.447. The van der Waals surface area contributed by atoms with Gasteiger partial charge < -0.3 is 23.7 Å². The van der Waals surface area contributed by atoms with Gasteiger partial charge in [-0.25, -0.2) is 4.79 Å². The average molecular weight is 440 g/mol. The molecular weight excluding hydrogens is 410 g/mol. The van der Waals surface area contributed by atoms with Crippen LogP contribution in [0.2, 0.25) is 0 Å². The van der Waals surface area contributed by atoms with Crippen molar-refractivity contribution in [2.75, 3.05) is 27.9 Å². The number of fused-ring (bicyclic) bond motifs is 1. The largest absolute Gasteiger partial charge is 0.493 e. The second-order valence-corrected chi connectivity index (χ2v) is 7.42. The summed E-state index contributed by atoms with van der Waals surface area (Å²) in [5, 5.41) is 0.733. The van der Waals surface area contributed by atoms with E-state index in [1.165, 1.54) is 0 Å². The van der Waals surface area contributed by atoms with Crippen LogP contribution in [0.4, 0.5) is 0 Å². The number of benzene rings is 2. The molecule has 32 heavy (non-hydrogen) atoms. The van der Waals surface area contributed by atoms with Crippen LogP contribution >= 0.6 is 0 Å². The molecular formula is C25H29NO6. The van der Waals surface area contributed by atoms with Crippen LogP contribution in [-0.2, 0) is 4.74 Å². The molecule has 0 saturated heterocycles. The molecule has 1 heterocycles. The highest BCUT2D eigenvalue weighted by molar-refractivity contribution is 6.08. The highest BCUT2D eigenvalue weighted by atomic mass is 16.5. The third-order valence-corrected chi connectivity index (χ3v) is 4.97. The third kappa shape index (κ3) is 4.42. The molecule has 0 aliphatic carbocycles. The summed E-state index contributed by atoms with van der Waals surface area (Å²) in [5.41, 5.74) is 3.08. The highest BCUT2D eigenvalue weighted by Gasteiger charge is 2.24. The van der Waals surface area contributed by atoms with E-state index in [1.54, 1.807) is 41.2 Å². The van der Waals surface area contributed by atoms with Gasteiger partial charge in [0.1, 0.15) is 0 Å². The van der Waals surface area contributed by atoms with Gasteiger partial charge >= 0.3 is 5.97 Å². The molecule has 7 nitrogen and oxygen atoms in total. The van der Waals surface area contributed by atoms with Gasteiger partial charge in [-0.05, 0) is 51.5 Å². The predicted molar refractivity (Wildman–Crippen MR) is 123 cm³/mol. The smallest absolute Gasteiger partial charge is 0.340 e. The minimum absolute atomic E-state index is 0.0519. The van der Waals surface area contributed by atoms with Gasteiger partial charge in [0.2, 0.25) is 0 Å². The first-order valence-corrected chi connectivity index (χ1v) is 10.4. The maximum absolute atomic E-state index is 13.0. The Kier molecular flexibility index (Phi) is 7.08. The van der Waals surface area contributed by atoms with E-state index >= 15 is 0 Å². The molecule has 7 heteroatoms. The van der Waals surface area contributed by atoms with E-state index in [9.17, 15) is 4.79 Å². The normalized spacial score (nSPS) is 10.9. The maximum Gasteiger partial charge on any atom is 0.340 e. The van der Waals surface area contributed by atoms with E-state index in [2.05, 4.69) is 4.98 Å². The Morgan fingerprint density at radius 3 is 2.19 bits per heavy atom. The number of methoxy groups -OCH3 is 3. The number of esters is 1. The molecule has 0 aliphatic heterocycles. The minimum Gasteiger partial charge on any atom is -0.493 e. The summed E-state index contributed by atoms with van der Waals surface area (Å²) in [6.07, 6.45) is -0.0519. The summed E-state index contributed by atoms with van der Waals surface area (Å²) in [4.78, 5) is 17.7. The molecule has 0 atom stereocenters. The van der Waals surface area contributed by atoms with Crippen molar-refractivity contribution in [3.05, 3.63) is 41.6 Å². The van der Waals surface area contributed by atoms with E-state index in [-0.39, 0.29) is 12.7 Å². The lowest BCUT2D eigenvalue weighted by atomic mass is 9.93. The Morgan fingerprint density at radius 2 is 1.59 bits per heavy atom. The first kappa shape index (κ1) is 23.2. The van der Waals surface area contributed by atoms with Crippen molar-refractivity contribution in [2.45, 2.75) is 33.8 Å². The van der Waals surface area contributed by atoms with Gasteiger partial charge in [0, 0.05) is 17.0 Å². The van der Waals surface area contributed by atoms with Crippen molar-refractivity contribution in [1.29, 1.82) is 0 Å². The van der Waals surface area contributed by atoms with Gasteiger partial charge in [0.05, 0.1) is 50.8 Å². The molecule has 3 rings (SSSR count). The van der Waals surface area contributed by atoms with E-state index in [4.69, 9.17) is 23.7 Å². The fourth-order valence-electron chi connectivity index (χ4n) is 3.64. The van der Waals surface area contributed by atoms with Crippen molar-refractivity contribution in [3.8, 4) is 34.1 Å². The minimum atomic E-state index is -0.439. The number of aromatic nitrogens is 1. The Bertz CT molecular complexity index is 1140. The Hall–Kier alpha value is -3.48. The number of hydrogen-bond donors (Lipinski definition) is 0. The summed E-state index contributed by atoms with van der Waals surface area (Å²) < 4.78 is 27.8. The lowest BCUT2D eigenvalue weighted by Gasteiger charge is -2.19. The second-order valence-electron chi connectivity index (χ2n) is 7.42. The van der Waals surface area contributed by atoms with Crippen LogP contribution in [0.1, 0.15) is 36.8 Å². The molecule has 0 fully saturated rings. The van der Waals surface area contributed by atoms with Gasteiger partial charge in [0.15, 0.2) is 23.0 Å². The van der Waals surface area contributed by atoms with E-state index in [0.717, 1.165) is 10.9 Å². The molecule has 0 radical (unpaired) electrons. The predicted octanol–water partition coefficient (Wildman–Crippen LogP) is 5.20. The van der Waals surface area contributed by atoms with Crippen LogP contribution < -0.4 is 18.9 Å². The molecule has 0 unspecified atom stereocenters. The fourth-order valence-corrected chi connectivity index (χ4v) is 3.64. The number of carbonyl (C=O) groups excluding carboxylic acids is 1. The van der Waals surface area contributed by atoms with Crippen LogP contribution in [0.15, 0.2) is 30.3 Å². The van der Waals surface area contributed by atoms with Crippen molar-refractivity contribution < 1.29 is 28.5 Å². The number of nitrogens with zero attached hydrogens (tertiary/aromatic N) is 1. The maximum atomic E-state index is 13.0. The number of aryl methyl sites for hydroxylation is 1. The summed E-state index contributed by atoms with van der Waals surface area (Å²) in [5.74, 6) is 1.84. The number of pyridine rings is 1. The molecule has 0 spiro atoms. The number of hydrogen-bond acceptors (Lipinski definition) is 7. The summed E-state index contributed by atoms with van der Waals surface area (Å²) in [6.45, 7) is 7.71. The Labute approximate surface area is 188 Å². The number of carbonyl (C=O) groups is 1. The molecule has 3 aromatic rings. The zero-order valence-corrected chi connectivity index (χ0v) is 19.6. The molecule has 0 saturated carbocycles. The monoisotopic (exact) mass is 439 g/mol. The van der Waals surface area contributed by atoms with E-state index in [0.29, 0.717) is 45.3 Å². The zero-order valence-electron chi connectivity index (χ0n) is 19.6. The molecule has 2 aromatic carbocycles. The third-order valence-electron chi connectivity index (χ3n) is 4.97. The van der Waals surface area contributed by atoms with Crippen molar-refractivity contribution in [3.63, 3.8) is 0 Å². The van der Waals surface area contributed by atoms with Gasteiger partial charge in [0.25, 0.3) is 0 Å². The summed E-state index contributed by atoms with van der Waals surface area (Å²) in [7, 11) is 4.73. The second kappa shape index (κ2) is 9.77. The Morgan fingerprint density at radius 1 is 0.938 bits per heavy atom. The lowest BCUT2D eigenvalue weighted by Crippen LogP contribution is -2.11. The highest BCUT2D eigenvalue weighted by Crippen LogP contribution is 2.41. The van der Waals surface area contributed by atoms with Crippen LogP contribution in [0.25, 0.3) is 22.0 Å². The van der Waals surface area contributed by atoms with Crippen molar-refractivity contribution >= 4 is 16.9 Å². The molecule has 1 aromatic heterocycles. The standard InChI is InChI=1S/C25H29NO6/c1-8-31-25(27)23-15(4)26-18-13-21(30-7)20(29-6)12-17(18)24(23)16-9-10-19(28-5)22(11-16)32-14(2)3/h9-14H,8H2,1-7H3. The fraction of sp³-hybridized carbons (Fsp3) is 0.360. The molecule has 0 bridgehead atoms. The summed E-state index contributed by atoms with van der Waals surface area (Å²) in [6, 6.07) is 9.21. The van der Waals surface area contributed by atoms with Crippen LogP contribution in [0.3, 0.4) is 0 Å². The van der Waals surface area contributed by atoms with Gasteiger partial charge in [-0.1, -0.05) is 6.07 Å². The molecule has 0 N–H and O–H groups in total. The number of rotatable bonds is 8. The summed E-state index contributed by atoms with van der Waals surface area (Å²) >= 11 is 0. The van der Waals surface area contributed by atoms with Gasteiger partial charge in [-0.15, -0.1) is 0 Å². The average Bonchev–Trinajstić information content (AvgIpc) is 2.76. The van der Waals surface area contributed by atoms with E-state index in [1.807, 2.05) is 38.1 Å². The lowest BCUT2D eigenvalue weighted by molar-refractivity contribution is 0.0526. The number of ether oxygens (including phenoxy) is 5.